The van der Waals surface area contributed by atoms with Crippen LogP contribution in [0.1, 0.15) is 46.5 Å². The van der Waals surface area contributed by atoms with Crippen molar-refractivity contribution < 1.29 is 13.3 Å². The third-order valence-corrected chi connectivity index (χ3v) is 6.30. The minimum absolute atomic E-state index is 0.145. The van der Waals surface area contributed by atoms with Crippen molar-refractivity contribution in [2.75, 3.05) is 19.8 Å². The highest BCUT2D eigenvalue weighted by atomic mass is 35.5. The first-order chi connectivity index (χ1) is 8.67. The molecule has 6 heteroatoms. The first kappa shape index (κ1) is 16.4. The second kappa shape index (κ2) is 8.50. The van der Waals surface area contributed by atoms with Gasteiger partial charge in [0, 0.05) is 31.2 Å². The van der Waals surface area contributed by atoms with Crippen LogP contribution in [0.5, 0.6) is 0 Å². The minimum Gasteiger partial charge on any atom is -0.361 e. The fourth-order valence-electron chi connectivity index (χ4n) is 2.30. The number of alkyl halides is 1. The second-order valence-corrected chi connectivity index (χ2v) is 7.23. The van der Waals surface area contributed by atoms with E-state index in [9.17, 15) is 0 Å². The molecule has 2 atom stereocenters. The zero-order valence-electron chi connectivity index (χ0n) is 11.7. The molecule has 0 aromatic heterocycles. The van der Waals surface area contributed by atoms with E-state index < -0.39 is 8.97 Å². The zero-order valence-corrected chi connectivity index (χ0v) is 13.5. The predicted octanol–water partition coefficient (Wildman–Crippen LogP) is 2.67. The molecule has 1 rings (SSSR count). The summed E-state index contributed by atoms with van der Waals surface area (Å²) in [5, 5.41) is 0.145. The van der Waals surface area contributed by atoms with Gasteiger partial charge in [0.05, 0.1) is 0 Å². The van der Waals surface area contributed by atoms with E-state index in [-0.39, 0.29) is 11.4 Å². The molecule has 0 amide bonds. The molecule has 0 aromatic rings. The number of hydrogen-bond donors (Lipinski definition) is 1. The Hall–Kier alpha value is 0.347. The zero-order chi connectivity index (χ0) is 13.4. The van der Waals surface area contributed by atoms with Crippen LogP contribution in [0.2, 0.25) is 0 Å². The van der Waals surface area contributed by atoms with Crippen LogP contribution in [0.25, 0.3) is 0 Å². The first-order valence-electron chi connectivity index (χ1n) is 7.01. The minimum atomic E-state index is -2.76. The Morgan fingerprint density at radius 2 is 1.50 bits per heavy atom. The van der Waals surface area contributed by atoms with E-state index in [4.69, 9.17) is 24.9 Å². The molecule has 1 saturated carbocycles. The Bertz CT molecular complexity index is 216. The molecule has 0 saturated heterocycles. The maximum absolute atomic E-state index is 6.38. The number of halogens is 1. The van der Waals surface area contributed by atoms with Crippen LogP contribution in [0, 0.1) is 0 Å². The van der Waals surface area contributed by atoms with Crippen LogP contribution < -0.4 is 4.98 Å². The van der Waals surface area contributed by atoms with Gasteiger partial charge in [0.2, 0.25) is 0 Å². The summed E-state index contributed by atoms with van der Waals surface area (Å²) >= 11 is 6.38. The first-order valence-corrected chi connectivity index (χ1v) is 9.17. The van der Waals surface area contributed by atoms with Gasteiger partial charge >= 0.3 is 8.97 Å². The van der Waals surface area contributed by atoms with Crippen LogP contribution in [0.3, 0.4) is 0 Å². The summed E-state index contributed by atoms with van der Waals surface area (Å²) in [6.07, 6.45) is 4.53. The quantitative estimate of drug-likeness (QED) is 0.552. The Labute approximate surface area is 117 Å². The van der Waals surface area contributed by atoms with Gasteiger partial charge < -0.3 is 13.3 Å². The second-order valence-electron chi connectivity index (χ2n) is 4.41. The molecular weight excluding hydrogens is 270 g/mol. The molecule has 0 aromatic carbocycles. The van der Waals surface area contributed by atoms with Gasteiger partial charge in [0.1, 0.15) is 0 Å². The van der Waals surface area contributed by atoms with E-state index in [2.05, 4.69) is 4.98 Å². The third-order valence-electron chi connectivity index (χ3n) is 3.05. The van der Waals surface area contributed by atoms with Crippen LogP contribution in [0.15, 0.2) is 0 Å². The SMILES string of the molecule is CCO[Si](NC1CCCCC1Cl)(OCC)OCC. The fraction of sp³-hybridized carbons (Fsp3) is 1.00. The van der Waals surface area contributed by atoms with Gasteiger partial charge in [-0.3, -0.25) is 4.98 Å². The van der Waals surface area contributed by atoms with Crippen molar-refractivity contribution in [2.45, 2.75) is 57.9 Å². The Morgan fingerprint density at radius 3 is 1.94 bits per heavy atom. The molecule has 1 fully saturated rings. The summed E-state index contributed by atoms with van der Waals surface area (Å²) in [4.78, 5) is 3.46. The van der Waals surface area contributed by atoms with Gasteiger partial charge in [-0.05, 0) is 33.6 Å². The van der Waals surface area contributed by atoms with Crippen molar-refractivity contribution in [3.63, 3.8) is 0 Å². The van der Waals surface area contributed by atoms with Gasteiger partial charge in [-0.1, -0.05) is 12.8 Å². The van der Waals surface area contributed by atoms with Gasteiger partial charge in [0.25, 0.3) is 0 Å². The average Bonchev–Trinajstić information content (AvgIpc) is 2.33. The normalized spacial score (nSPS) is 25.3. The molecule has 0 radical (unpaired) electrons. The van der Waals surface area contributed by atoms with Crippen molar-refractivity contribution in [3.8, 4) is 0 Å². The van der Waals surface area contributed by atoms with Gasteiger partial charge in [-0.2, -0.15) is 0 Å². The molecule has 1 N–H and O–H groups in total. The average molecular weight is 296 g/mol. The van der Waals surface area contributed by atoms with E-state index in [0.29, 0.717) is 19.8 Å². The summed E-state index contributed by atoms with van der Waals surface area (Å²) in [6.45, 7) is 7.62. The van der Waals surface area contributed by atoms with Crippen LogP contribution >= 0.6 is 11.6 Å². The maximum atomic E-state index is 6.38. The number of hydrogen-bond acceptors (Lipinski definition) is 4. The topological polar surface area (TPSA) is 39.7 Å². The standard InChI is InChI=1S/C12H26ClNO3Si/c1-4-15-18(16-5-2,17-6-3)14-12-10-8-7-9-11(12)13/h11-12,14H,4-10H2,1-3H3. The molecule has 0 heterocycles. The molecule has 18 heavy (non-hydrogen) atoms. The smallest absolute Gasteiger partial charge is 0.361 e. The molecule has 1 aliphatic rings. The summed E-state index contributed by atoms with van der Waals surface area (Å²) in [5.74, 6) is 0. The fourth-order valence-corrected chi connectivity index (χ4v) is 5.18. The summed E-state index contributed by atoms with van der Waals surface area (Å²) in [6, 6.07) is 0.233. The lowest BCUT2D eigenvalue weighted by Gasteiger charge is -2.36. The Kier molecular flexibility index (Phi) is 7.75. The van der Waals surface area contributed by atoms with Crippen molar-refractivity contribution in [2.24, 2.45) is 0 Å². The summed E-state index contributed by atoms with van der Waals surface area (Å²) in [7, 11) is -2.76. The lowest BCUT2D eigenvalue weighted by molar-refractivity contribution is 0.0543. The highest BCUT2D eigenvalue weighted by Gasteiger charge is 2.45. The number of rotatable bonds is 8. The van der Waals surface area contributed by atoms with Crippen molar-refractivity contribution >= 4 is 20.6 Å². The maximum Gasteiger partial charge on any atom is 0.597 e. The van der Waals surface area contributed by atoms with Crippen molar-refractivity contribution in [3.05, 3.63) is 0 Å². The Balaban J connectivity index is 2.67. The van der Waals surface area contributed by atoms with E-state index in [1.807, 2.05) is 20.8 Å². The number of nitrogens with one attached hydrogen (secondary N) is 1. The van der Waals surface area contributed by atoms with Gasteiger partial charge in [-0.15, -0.1) is 11.6 Å². The lowest BCUT2D eigenvalue weighted by atomic mass is 9.96. The molecule has 0 bridgehead atoms. The highest BCUT2D eigenvalue weighted by molar-refractivity contribution is 6.58. The van der Waals surface area contributed by atoms with E-state index in [1.54, 1.807) is 0 Å². The molecular formula is C12H26ClNO3Si. The van der Waals surface area contributed by atoms with Crippen LogP contribution in [-0.4, -0.2) is 40.2 Å². The van der Waals surface area contributed by atoms with Crippen LogP contribution in [-0.2, 0) is 13.3 Å². The monoisotopic (exact) mass is 295 g/mol. The van der Waals surface area contributed by atoms with Crippen molar-refractivity contribution in [1.29, 1.82) is 0 Å². The molecule has 2 unspecified atom stereocenters. The molecule has 1 aliphatic carbocycles. The van der Waals surface area contributed by atoms with Gasteiger partial charge in [-0.25, -0.2) is 0 Å². The van der Waals surface area contributed by atoms with Crippen molar-refractivity contribution in [1.82, 2.24) is 4.98 Å². The largest absolute Gasteiger partial charge is 0.597 e. The molecule has 0 spiro atoms. The highest BCUT2D eigenvalue weighted by Crippen LogP contribution is 2.24. The van der Waals surface area contributed by atoms with Crippen LogP contribution in [0.4, 0.5) is 0 Å². The lowest BCUT2D eigenvalue weighted by Crippen LogP contribution is -2.64. The van der Waals surface area contributed by atoms with E-state index >= 15 is 0 Å². The molecule has 4 nitrogen and oxygen atoms in total. The van der Waals surface area contributed by atoms with E-state index in [0.717, 1.165) is 12.8 Å². The molecule has 108 valence electrons. The Morgan fingerprint density at radius 1 is 1.00 bits per heavy atom. The third kappa shape index (κ3) is 4.79. The van der Waals surface area contributed by atoms with E-state index in [1.165, 1.54) is 12.8 Å². The van der Waals surface area contributed by atoms with Gasteiger partial charge in [0.15, 0.2) is 0 Å². The summed E-state index contributed by atoms with van der Waals surface area (Å²) < 4.78 is 17.4. The predicted molar refractivity (Wildman–Crippen MR) is 75.7 cm³/mol. The molecule has 0 aliphatic heterocycles. The summed E-state index contributed by atoms with van der Waals surface area (Å²) in [5.41, 5.74) is 0.